The third-order valence-corrected chi connectivity index (χ3v) is 3.92. The molecule has 4 N–H and O–H groups in total. The van der Waals surface area contributed by atoms with Crippen LogP contribution in [0.2, 0.25) is 0 Å². The van der Waals surface area contributed by atoms with Gasteiger partial charge in [0.2, 0.25) is 11.3 Å². The van der Waals surface area contributed by atoms with Gasteiger partial charge in [0.15, 0.2) is 0 Å². The van der Waals surface area contributed by atoms with Crippen LogP contribution >= 0.6 is 0 Å². The molecule has 2 unspecified atom stereocenters. The van der Waals surface area contributed by atoms with Crippen LogP contribution in [0.3, 0.4) is 0 Å². The summed E-state index contributed by atoms with van der Waals surface area (Å²) in [6.45, 7) is 3.37. The van der Waals surface area contributed by atoms with E-state index in [4.69, 9.17) is 4.74 Å². The third-order valence-electron chi connectivity index (χ3n) is 3.92. The predicted molar refractivity (Wildman–Crippen MR) is 94.8 cm³/mol. The minimum atomic E-state index is -1.24. The molecule has 0 fully saturated rings. The molecule has 2 rings (SSSR count). The largest absolute Gasteiger partial charge is 0.462 e. The zero-order valence-electron chi connectivity index (χ0n) is 14.6. The number of carbonyl (C=O) groups is 2. The van der Waals surface area contributed by atoms with Gasteiger partial charge in [0.25, 0.3) is 0 Å². The minimum absolute atomic E-state index is 0.128. The molecule has 0 radical (unpaired) electrons. The Morgan fingerprint density at radius 2 is 2.04 bits per heavy atom. The maximum Gasteiger partial charge on any atom is 0.343 e. The van der Waals surface area contributed by atoms with Crippen LogP contribution in [0.4, 0.5) is 0 Å². The molecule has 1 aromatic carbocycles. The van der Waals surface area contributed by atoms with Crippen LogP contribution in [0.1, 0.15) is 42.3 Å². The lowest BCUT2D eigenvalue weighted by molar-refractivity contribution is -0.119. The standard InChI is InChI=1S/C18H22N2O6/c1-3-26-18(25)13-9-20-14-5-4-11(8-12(14)17(13)24)16(23)15(22)6-7-19-10(2)21/h4-5,8-9,15-16,22-23H,3,6-7H2,1-2H3,(H,19,21)(H,20,24). The number of aliphatic hydroxyl groups excluding tert-OH is 2. The van der Waals surface area contributed by atoms with Gasteiger partial charge in [-0.2, -0.15) is 0 Å². The van der Waals surface area contributed by atoms with Crippen molar-refractivity contribution in [3.63, 3.8) is 0 Å². The van der Waals surface area contributed by atoms with E-state index in [9.17, 15) is 24.6 Å². The fourth-order valence-corrected chi connectivity index (χ4v) is 2.56. The molecule has 0 bridgehead atoms. The Morgan fingerprint density at radius 3 is 2.69 bits per heavy atom. The van der Waals surface area contributed by atoms with Crippen LogP contribution in [-0.4, -0.2) is 46.3 Å². The SMILES string of the molecule is CCOC(=O)c1c[nH]c2ccc(C(O)C(O)CCNC(C)=O)cc2c1=O. The number of benzene rings is 1. The van der Waals surface area contributed by atoms with Crippen molar-refractivity contribution < 1.29 is 24.5 Å². The van der Waals surface area contributed by atoms with Gasteiger partial charge < -0.3 is 25.3 Å². The van der Waals surface area contributed by atoms with E-state index in [1.807, 2.05) is 0 Å². The lowest BCUT2D eigenvalue weighted by Crippen LogP contribution is -2.27. The van der Waals surface area contributed by atoms with Gasteiger partial charge in [0, 0.05) is 30.6 Å². The van der Waals surface area contributed by atoms with Crippen molar-refractivity contribution in [3.05, 3.63) is 45.7 Å². The summed E-state index contributed by atoms with van der Waals surface area (Å²) in [5.74, 6) is -0.952. The van der Waals surface area contributed by atoms with Crippen LogP contribution in [0.5, 0.6) is 0 Å². The van der Waals surface area contributed by atoms with Crippen molar-refractivity contribution >= 4 is 22.8 Å². The summed E-state index contributed by atoms with van der Waals surface area (Å²) in [7, 11) is 0. The third kappa shape index (κ3) is 4.47. The molecule has 0 saturated heterocycles. The number of pyridine rings is 1. The van der Waals surface area contributed by atoms with Crippen molar-refractivity contribution in [2.45, 2.75) is 32.5 Å². The molecule has 1 heterocycles. The second-order valence-electron chi connectivity index (χ2n) is 5.84. The number of carbonyl (C=O) groups excluding carboxylic acids is 2. The number of hydrogen-bond donors (Lipinski definition) is 4. The summed E-state index contributed by atoms with van der Waals surface area (Å²) in [5, 5.41) is 23.1. The number of fused-ring (bicyclic) bond motifs is 1. The van der Waals surface area contributed by atoms with E-state index in [-0.39, 0.29) is 36.4 Å². The highest BCUT2D eigenvalue weighted by Gasteiger charge is 2.20. The molecular formula is C18H22N2O6. The van der Waals surface area contributed by atoms with Gasteiger partial charge >= 0.3 is 5.97 Å². The average Bonchev–Trinajstić information content (AvgIpc) is 2.61. The van der Waals surface area contributed by atoms with E-state index < -0.39 is 23.6 Å². The number of nitrogens with one attached hydrogen (secondary N) is 2. The highest BCUT2D eigenvalue weighted by atomic mass is 16.5. The molecule has 8 nitrogen and oxygen atoms in total. The molecule has 0 aliphatic heterocycles. The number of ether oxygens (including phenoxy) is 1. The molecule has 1 amide bonds. The summed E-state index contributed by atoms with van der Waals surface area (Å²) in [4.78, 5) is 38.1. The van der Waals surface area contributed by atoms with E-state index >= 15 is 0 Å². The monoisotopic (exact) mass is 362 g/mol. The quantitative estimate of drug-likeness (QED) is 0.535. The topological polar surface area (TPSA) is 129 Å². The fraction of sp³-hybridized carbons (Fsp3) is 0.389. The Balaban J connectivity index is 2.29. The second kappa shape index (κ2) is 8.59. The Bertz CT molecular complexity index is 860. The average molecular weight is 362 g/mol. The molecule has 0 spiro atoms. The lowest BCUT2D eigenvalue weighted by atomic mass is 9.99. The zero-order chi connectivity index (χ0) is 19.3. The smallest absolute Gasteiger partial charge is 0.343 e. The summed E-state index contributed by atoms with van der Waals surface area (Å²) in [6.07, 6.45) is -0.913. The van der Waals surface area contributed by atoms with Gasteiger partial charge in [-0.25, -0.2) is 4.79 Å². The summed E-state index contributed by atoms with van der Waals surface area (Å²) >= 11 is 0. The number of esters is 1. The number of amides is 1. The zero-order valence-corrected chi connectivity index (χ0v) is 14.6. The Hall–Kier alpha value is -2.71. The van der Waals surface area contributed by atoms with Gasteiger partial charge in [0.1, 0.15) is 11.7 Å². The molecule has 140 valence electrons. The van der Waals surface area contributed by atoms with Gasteiger partial charge in [0.05, 0.1) is 12.7 Å². The number of H-pyrrole nitrogens is 1. The summed E-state index contributed by atoms with van der Waals surface area (Å²) in [6, 6.07) is 4.60. The molecule has 0 aliphatic rings. The van der Waals surface area contributed by atoms with Crippen LogP contribution in [-0.2, 0) is 9.53 Å². The number of aliphatic hydroxyl groups is 2. The van der Waals surface area contributed by atoms with E-state index in [0.29, 0.717) is 11.1 Å². The van der Waals surface area contributed by atoms with Gasteiger partial charge in [-0.3, -0.25) is 9.59 Å². The maximum atomic E-state index is 12.5. The molecule has 26 heavy (non-hydrogen) atoms. The summed E-state index contributed by atoms with van der Waals surface area (Å²) in [5.41, 5.74) is 0.183. The maximum absolute atomic E-state index is 12.5. The number of aromatic nitrogens is 1. The van der Waals surface area contributed by atoms with Gasteiger partial charge in [-0.05, 0) is 31.0 Å². The van der Waals surface area contributed by atoms with E-state index in [0.717, 1.165) is 0 Å². The first kappa shape index (κ1) is 19.6. The molecule has 0 aliphatic carbocycles. The normalized spacial score (nSPS) is 13.2. The molecular weight excluding hydrogens is 340 g/mol. The number of aromatic amines is 1. The highest BCUT2D eigenvalue weighted by molar-refractivity contribution is 5.93. The van der Waals surface area contributed by atoms with Gasteiger partial charge in [-0.15, -0.1) is 0 Å². The van der Waals surface area contributed by atoms with Crippen molar-refractivity contribution in [3.8, 4) is 0 Å². The molecule has 2 atom stereocenters. The number of hydrogen-bond acceptors (Lipinski definition) is 6. The molecule has 0 saturated carbocycles. The lowest BCUT2D eigenvalue weighted by Gasteiger charge is -2.18. The Kier molecular flexibility index (Phi) is 6.48. The van der Waals surface area contributed by atoms with Crippen molar-refractivity contribution in [1.82, 2.24) is 10.3 Å². The van der Waals surface area contributed by atoms with Crippen molar-refractivity contribution in [1.29, 1.82) is 0 Å². The first-order chi connectivity index (χ1) is 12.3. The van der Waals surface area contributed by atoms with E-state index in [1.54, 1.807) is 19.1 Å². The van der Waals surface area contributed by atoms with Gasteiger partial charge in [-0.1, -0.05) is 6.07 Å². The minimum Gasteiger partial charge on any atom is -0.462 e. The number of rotatable bonds is 7. The van der Waals surface area contributed by atoms with E-state index in [1.165, 1.54) is 19.2 Å². The first-order valence-electron chi connectivity index (χ1n) is 8.28. The predicted octanol–water partition coefficient (Wildman–Crippen LogP) is 0.625. The Morgan fingerprint density at radius 1 is 1.31 bits per heavy atom. The van der Waals surface area contributed by atoms with Crippen LogP contribution in [0.25, 0.3) is 10.9 Å². The van der Waals surface area contributed by atoms with Crippen LogP contribution in [0.15, 0.2) is 29.2 Å². The first-order valence-corrected chi connectivity index (χ1v) is 8.28. The Labute approximate surface area is 149 Å². The van der Waals surface area contributed by atoms with Crippen LogP contribution in [0, 0.1) is 0 Å². The highest BCUT2D eigenvalue weighted by Crippen LogP contribution is 2.22. The second-order valence-corrected chi connectivity index (χ2v) is 5.84. The van der Waals surface area contributed by atoms with Crippen molar-refractivity contribution in [2.75, 3.05) is 13.2 Å². The molecule has 1 aromatic heterocycles. The molecule has 8 heteroatoms. The summed E-state index contributed by atoms with van der Waals surface area (Å²) < 4.78 is 4.85. The van der Waals surface area contributed by atoms with Crippen LogP contribution < -0.4 is 10.7 Å². The van der Waals surface area contributed by atoms with E-state index in [2.05, 4.69) is 10.3 Å². The fourth-order valence-electron chi connectivity index (χ4n) is 2.56. The molecule has 2 aromatic rings. The van der Waals surface area contributed by atoms with Crippen molar-refractivity contribution in [2.24, 2.45) is 0 Å².